The number of hydrogen-bond acceptors (Lipinski definition) is 5. The average molecular weight is 366 g/mol. The minimum Gasteiger partial charge on any atom is -0.317 e. The smallest absolute Gasteiger partial charge is 0.183 e. The van der Waals surface area contributed by atoms with Crippen LogP contribution in [0.15, 0.2) is 31.2 Å². The molecule has 0 bridgehead atoms. The summed E-state index contributed by atoms with van der Waals surface area (Å²) in [6.45, 7) is 10.6. The Kier molecular flexibility index (Phi) is 6.63. The molecule has 5 heteroatoms. The van der Waals surface area contributed by atoms with Crippen molar-refractivity contribution < 1.29 is 0 Å². The summed E-state index contributed by atoms with van der Waals surface area (Å²) >= 11 is 0. The molecule has 2 fully saturated rings. The Hall–Kier alpha value is -2.19. The van der Waals surface area contributed by atoms with Crippen LogP contribution in [0.1, 0.15) is 63.3 Å². The fourth-order valence-electron chi connectivity index (χ4n) is 4.53. The van der Waals surface area contributed by atoms with Crippen LogP contribution in [0.2, 0.25) is 0 Å². The van der Waals surface area contributed by atoms with Crippen molar-refractivity contribution in [2.75, 3.05) is 13.1 Å². The van der Waals surface area contributed by atoms with Gasteiger partial charge in [0.1, 0.15) is 0 Å². The van der Waals surface area contributed by atoms with Crippen LogP contribution in [0.25, 0.3) is 5.57 Å². The van der Waals surface area contributed by atoms with Crippen molar-refractivity contribution in [1.29, 1.82) is 5.26 Å². The van der Waals surface area contributed by atoms with E-state index in [1.807, 2.05) is 31.6 Å². The van der Waals surface area contributed by atoms with Crippen LogP contribution in [0.4, 0.5) is 0 Å². The van der Waals surface area contributed by atoms with Crippen molar-refractivity contribution in [2.24, 2.45) is 11.8 Å². The van der Waals surface area contributed by atoms with E-state index in [9.17, 15) is 5.26 Å². The van der Waals surface area contributed by atoms with Gasteiger partial charge in [-0.25, -0.2) is 0 Å². The summed E-state index contributed by atoms with van der Waals surface area (Å²) in [5.41, 5.74) is 3.15. The van der Waals surface area contributed by atoms with Gasteiger partial charge in [-0.05, 0) is 69.5 Å². The third-order valence-corrected chi connectivity index (χ3v) is 6.17. The van der Waals surface area contributed by atoms with Crippen LogP contribution >= 0.6 is 0 Å². The van der Waals surface area contributed by atoms with Crippen molar-refractivity contribution in [3.63, 3.8) is 0 Å². The highest BCUT2D eigenvalue weighted by Gasteiger charge is 2.32. The second-order valence-corrected chi connectivity index (χ2v) is 7.92. The Morgan fingerprint density at radius 3 is 2.63 bits per heavy atom. The molecule has 3 atom stereocenters. The molecule has 5 nitrogen and oxygen atoms in total. The lowest BCUT2D eigenvalue weighted by molar-refractivity contribution is 0.210. The van der Waals surface area contributed by atoms with Crippen molar-refractivity contribution >= 4 is 5.57 Å². The Bertz CT molecular complexity index is 696. The maximum atomic E-state index is 9.36. The molecular formula is C22H31N5. The first-order valence-electron chi connectivity index (χ1n) is 10.2. The van der Waals surface area contributed by atoms with Crippen molar-refractivity contribution in [2.45, 2.75) is 57.9 Å². The van der Waals surface area contributed by atoms with Gasteiger partial charge in [0.2, 0.25) is 0 Å². The molecule has 1 aromatic rings. The zero-order chi connectivity index (χ0) is 19.2. The van der Waals surface area contributed by atoms with E-state index in [4.69, 9.17) is 9.97 Å². The summed E-state index contributed by atoms with van der Waals surface area (Å²) < 4.78 is 0. The summed E-state index contributed by atoms with van der Waals surface area (Å²) in [4.78, 5) is 11.3. The van der Waals surface area contributed by atoms with Gasteiger partial charge < -0.3 is 5.32 Å². The van der Waals surface area contributed by atoms with E-state index < -0.39 is 0 Å². The lowest BCUT2D eigenvalue weighted by Gasteiger charge is -2.36. The highest BCUT2D eigenvalue weighted by molar-refractivity contribution is 5.61. The van der Waals surface area contributed by atoms with Gasteiger partial charge in [0.05, 0.1) is 17.6 Å². The zero-order valence-corrected chi connectivity index (χ0v) is 16.6. The van der Waals surface area contributed by atoms with Gasteiger partial charge in [-0.3, -0.25) is 14.9 Å². The minimum absolute atomic E-state index is 0.296. The van der Waals surface area contributed by atoms with Gasteiger partial charge in [0.15, 0.2) is 6.19 Å². The minimum atomic E-state index is 0.296. The monoisotopic (exact) mass is 365 g/mol. The highest BCUT2D eigenvalue weighted by atomic mass is 15.1. The topological polar surface area (TPSA) is 64.8 Å². The van der Waals surface area contributed by atoms with Gasteiger partial charge in [0, 0.05) is 24.4 Å². The lowest BCUT2D eigenvalue weighted by Crippen LogP contribution is -2.34. The first-order chi connectivity index (χ1) is 13.1. The number of rotatable bonds is 5. The second kappa shape index (κ2) is 9.14. The van der Waals surface area contributed by atoms with Gasteiger partial charge >= 0.3 is 0 Å². The van der Waals surface area contributed by atoms with E-state index in [-0.39, 0.29) is 0 Å². The normalized spacial score (nSPS) is 26.6. The van der Waals surface area contributed by atoms with Gasteiger partial charge in [-0.2, -0.15) is 5.26 Å². The molecule has 144 valence electrons. The van der Waals surface area contributed by atoms with E-state index in [1.165, 1.54) is 0 Å². The molecule has 1 saturated heterocycles. The van der Waals surface area contributed by atoms with Gasteiger partial charge in [-0.15, -0.1) is 0 Å². The molecule has 1 aromatic heterocycles. The maximum Gasteiger partial charge on any atom is 0.183 e. The second-order valence-electron chi connectivity index (χ2n) is 7.92. The van der Waals surface area contributed by atoms with Crippen molar-refractivity contribution in [3.05, 3.63) is 42.6 Å². The predicted octanol–water partition coefficient (Wildman–Crippen LogP) is 4.08. The van der Waals surface area contributed by atoms with E-state index in [0.29, 0.717) is 23.8 Å². The molecular weight excluding hydrogens is 334 g/mol. The number of nitrogens with zero attached hydrogens (tertiary/aromatic N) is 4. The van der Waals surface area contributed by atoms with Crippen LogP contribution in [-0.4, -0.2) is 34.0 Å². The molecule has 2 aliphatic rings. The van der Waals surface area contributed by atoms with Crippen LogP contribution in [0.3, 0.4) is 0 Å². The van der Waals surface area contributed by atoms with Crippen LogP contribution in [-0.2, 0) is 0 Å². The molecule has 3 rings (SSSR count). The Morgan fingerprint density at radius 1 is 1.26 bits per heavy atom. The molecule has 0 radical (unpaired) electrons. The number of allylic oxidation sites excluding steroid dienone is 2. The third kappa shape index (κ3) is 4.56. The van der Waals surface area contributed by atoms with E-state index >= 15 is 0 Å². The first-order valence-corrected chi connectivity index (χ1v) is 10.2. The fraction of sp³-hybridized carbons (Fsp3) is 0.591. The zero-order valence-electron chi connectivity index (χ0n) is 16.6. The summed E-state index contributed by atoms with van der Waals surface area (Å²) in [5.74, 6) is 1.42. The summed E-state index contributed by atoms with van der Waals surface area (Å²) in [6, 6.07) is 0.296. The molecule has 1 saturated carbocycles. The molecule has 1 unspecified atom stereocenters. The van der Waals surface area contributed by atoms with Crippen LogP contribution in [0.5, 0.6) is 0 Å². The lowest BCUT2D eigenvalue weighted by atomic mass is 9.76. The number of hydrogen-bond donors (Lipinski definition) is 1. The summed E-state index contributed by atoms with van der Waals surface area (Å²) in [7, 11) is 0. The highest BCUT2D eigenvalue weighted by Crippen LogP contribution is 2.38. The first kappa shape index (κ1) is 19.6. The van der Waals surface area contributed by atoms with E-state index in [0.717, 1.165) is 62.2 Å². The number of nitrogens with one attached hydrogen (secondary N) is 1. The number of aromatic nitrogens is 2. The molecule has 0 amide bonds. The molecule has 1 aliphatic heterocycles. The van der Waals surface area contributed by atoms with Gasteiger partial charge in [-0.1, -0.05) is 19.6 Å². The number of piperidine rings is 1. The SMILES string of the molecule is C=C(c1cnc([C@H]2CC[C@@H](N(C#N)/C=C\C)CC2C)cn1)C1CCNCC1. The van der Waals surface area contributed by atoms with Crippen LogP contribution < -0.4 is 5.32 Å². The van der Waals surface area contributed by atoms with Crippen LogP contribution in [0, 0.1) is 23.3 Å². The maximum absolute atomic E-state index is 9.36. The van der Waals surface area contributed by atoms with Crippen molar-refractivity contribution in [3.8, 4) is 6.19 Å². The van der Waals surface area contributed by atoms with Gasteiger partial charge in [0.25, 0.3) is 0 Å². The van der Waals surface area contributed by atoms with E-state index in [1.54, 1.807) is 4.90 Å². The largest absolute Gasteiger partial charge is 0.317 e. The predicted molar refractivity (Wildman–Crippen MR) is 108 cm³/mol. The number of nitriles is 1. The molecule has 1 N–H and O–H groups in total. The quantitative estimate of drug-likeness (QED) is 0.629. The summed E-state index contributed by atoms with van der Waals surface area (Å²) in [5, 5.41) is 12.8. The van der Waals surface area contributed by atoms with Crippen molar-refractivity contribution in [1.82, 2.24) is 20.2 Å². The third-order valence-electron chi connectivity index (χ3n) is 6.17. The molecule has 1 aliphatic carbocycles. The van der Waals surface area contributed by atoms with E-state index in [2.05, 4.69) is 25.0 Å². The Balaban J connectivity index is 1.64. The summed E-state index contributed by atoms with van der Waals surface area (Å²) in [6.07, 6.45) is 15.3. The Morgan fingerprint density at radius 2 is 2.04 bits per heavy atom. The molecule has 2 heterocycles. The molecule has 27 heavy (non-hydrogen) atoms. The standard InChI is InChI=1S/C22H31N5/c1-4-11-27(15-23)19-5-6-20(16(2)12-19)22-14-25-21(13-26-22)17(3)18-7-9-24-10-8-18/h4,11,13-14,16,18-20,24H,3,5-10,12H2,1-2H3/b11-4-/t16?,19-,20+/m1/s1. The molecule has 0 spiro atoms. The average Bonchev–Trinajstić information content (AvgIpc) is 2.72. The Labute approximate surface area is 163 Å². The molecule has 0 aromatic carbocycles. The fourth-order valence-corrected chi connectivity index (χ4v) is 4.53.